The Labute approximate surface area is 116 Å². The number of ether oxygens (including phenoxy) is 1. The average molecular weight is 266 g/mol. The van der Waals surface area contributed by atoms with E-state index in [1.165, 1.54) is 0 Å². The van der Waals surface area contributed by atoms with E-state index in [1.807, 2.05) is 20.0 Å². The van der Waals surface area contributed by atoms with Gasteiger partial charge in [-0.2, -0.15) is 0 Å². The van der Waals surface area contributed by atoms with Gasteiger partial charge in [-0.05, 0) is 27.2 Å². The van der Waals surface area contributed by atoms with E-state index in [9.17, 15) is 0 Å². The summed E-state index contributed by atoms with van der Waals surface area (Å²) >= 11 is 0. The molecular weight excluding hydrogens is 240 g/mol. The van der Waals surface area contributed by atoms with E-state index in [1.54, 1.807) is 0 Å². The SMILES string of the molecule is CCCC(C)(C)Nc1cc(NC)nc(COCC)n1. The van der Waals surface area contributed by atoms with Crippen LogP contribution in [0.5, 0.6) is 0 Å². The Balaban J connectivity index is 2.87. The molecule has 0 aliphatic heterocycles. The first-order valence-electron chi connectivity index (χ1n) is 6.92. The summed E-state index contributed by atoms with van der Waals surface area (Å²) < 4.78 is 5.37. The van der Waals surface area contributed by atoms with Gasteiger partial charge in [0, 0.05) is 25.3 Å². The monoisotopic (exact) mass is 266 g/mol. The minimum Gasteiger partial charge on any atom is -0.374 e. The number of nitrogens with one attached hydrogen (secondary N) is 2. The zero-order valence-corrected chi connectivity index (χ0v) is 12.7. The van der Waals surface area contributed by atoms with Gasteiger partial charge in [0.05, 0.1) is 0 Å². The molecule has 0 amide bonds. The van der Waals surface area contributed by atoms with Crippen LogP contribution in [0.4, 0.5) is 11.6 Å². The maximum atomic E-state index is 5.37. The summed E-state index contributed by atoms with van der Waals surface area (Å²) in [6.07, 6.45) is 2.22. The molecule has 5 heteroatoms. The first-order chi connectivity index (χ1) is 9.00. The summed E-state index contributed by atoms with van der Waals surface area (Å²) in [6, 6.07) is 1.92. The van der Waals surface area contributed by atoms with Crippen molar-refractivity contribution < 1.29 is 4.74 Å². The van der Waals surface area contributed by atoms with Crippen molar-refractivity contribution in [3.63, 3.8) is 0 Å². The van der Waals surface area contributed by atoms with Crippen LogP contribution >= 0.6 is 0 Å². The first-order valence-corrected chi connectivity index (χ1v) is 6.92. The van der Waals surface area contributed by atoms with Gasteiger partial charge in [0.25, 0.3) is 0 Å². The fourth-order valence-electron chi connectivity index (χ4n) is 1.98. The molecule has 1 aromatic rings. The Morgan fingerprint density at radius 2 is 1.89 bits per heavy atom. The summed E-state index contributed by atoms with van der Waals surface area (Å²) in [5, 5.41) is 6.52. The highest BCUT2D eigenvalue weighted by molar-refractivity contribution is 5.48. The topological polar surface area (TPSA) is 59.1 Å². The molecule has 0 radical (unpaired) electrons. The van der Waals surface area contributed by atoms with Crippen molar-refractivity contribution >= 4 is 11.6 Å². The molecule has 1 heterocycles. The van der Waals surface area contributed by atoms with Crippen molar-refractivity contribution in [1.82, 2.24) is 9.97 Å². The van der Waals surface area contributed by atoms with Gasteiger partial charge in [0.2, 0.25) is 0 Å². The number of rotatable bonds is 8. The molecule has 0 atom stereocenters. The number of hydrogen-bond acceptors (Lipinski definition) is 5. The predicted molar refractivity (Wildman–Crippen MR) is 79.5 cm³/mol. The molecule has 0 aromatic carbocycles. The molecule has 0 aliphatic carbocycles. The predicted octanol–water partition coefficient (Wildman–Crippen LogP) is 3.05. The molecule has 19 heavy (non-hydrogen) atoms. The summed E-state index contributed by atoms with van der Waals surface area (Å²) in [6.45, 7) is 9.61. The van der Waals surface area contributed by atoms with Gasteiger partial charge in [-0.1, -0.05) is 13.3 Å². The molecule has 5 nitrogen and oxygen atoms in total. The Morgan fingerprint density at radius 3 is 2.47 bits per heavy atom. The Morgan fingerprint density at radius 1 is 1.21 bits per heavy atom. The number of aromatic nitrogens is 2. The van der Waals surface area contributed by atoms with Gasteiger partial charge in [-0.3, -0.25) is 0 Å². The third-order valence-corrected chi connectivity index (χ3v) is 2.81. The van der Waals surface area contributed by atoms with Crippen LogP contribution in [0, 0.1) is 0 Å². The van der Waals surface area contributed by atoms with Gasteiger partial charge >= 0.3 is 0 Å². The third-order valence-electron chi connectivity index (χ3n) is 2.81. The minimum absolute atomic E-state index is 0.0248. The van der Waals surface area contributed by atoms with Crippen LogP contribution < -0.4 is 10.6 Å². The van der Waals surface area contributed by atoms with Gasteiger partial charge in [-0.15, -0.1) is 0 Å². The Hall–Kier alpha value is -1.36. The van der Waals surface area contributed by atoms with Crippen molar-refractivity contribution in [3.8, 4) is 0 Å². The Bertz CT molecular complexity index is 393. The molecule has 0 bridgehead atoms. The van der Waals surface area contributed by atoms with E-state index in [4.69, 9.17) is 4.74 Å². The number of nitrogens with zero attached hydrogens (tertiary/aromatic N) is 2. The van der Waals surface area contributed by atoms with Crippen LogP contribution in [0.15, 0.2) is 6.07 Å². The number of anilines is 2. The van der Waals surface area contributed by atoms with Crippen molar-refractivity contribution in [2.24, 2.45) is 0 Å². The lowest BCUT2D eigenvalue weighted by Gasteiger charge is -2.26. The van der Waals surface area contributed by atoms with Crippen molar-refractivity contribution in [2.75, 3.05) is 24.3 Å². The van der Waals surface area contributed by atoms with E-state index in [2.05, 4.69) is 41.4 Å². The molecular formula is C14H26N4O. The summed E-state index contributed by atoms with van der Waals surface area (Å²) in [5.41, 5.74) is 0.0248. The molecule has 0 spiro atoms. The lowest BCUT2D eigenvalue weighted by Crippen LogP contribution is -2.31. The summed E-state index contributed by atoms with van der Waals surface area (Å²) in [4.78, 5) is 8.88. The largest absolute Gasteiger partial charge is 0.374 e. The lowest BCUT2D eigenvalue weighted by atomic mass is 9.99. The molecule has 1 aromatic heterocycles. The van der Waals surface area contributed by atoms with Crippen LogP contribution in [-0.2, 0) is 11.3 Å². The Kier molecular flexibility index (Phi) is 6.02. The minimum atomic E-state index is 0.0248. The fraction of sp³-hybridized carbons (Fsp3) is 0.714. The van der Waals surface area contributed by atoms with E-state index >= 15 is 0 Å². The van der Waals surface area contributed by atoms with Gasteiger partial charge in [0.1, 0.15) is 18.2 Å². The average Bonchev–Trinajstić information content (AvgIpc) is 2.35. The normalized spacial score (nSPS) is 11.4. The highest BCUT2D eigenvalue weighted by atomic mass is 16.5. The summed E-state index contributed by atoms with van der Waals surface area (Å²) in [5.74, 6) is 2.34. The lowest BCUT2D eigenvalue weighted by molar-refractivity contribution is 0.128. The van der Waals surface area contributed by atoms with Crippen molar-refractivity contribution in [1.29, 1.82) is 0 Å². The van der Waals surface area contributed by atoms with Crippen LogP contribution in [-0.4, -0.2) is 29.2 Å². The molecule has 0 fully saturated rings. The fourth-order valence-corrected chi connectivity index (χ4v) is 1.98. The van der Waals surface area contributed by atoms with E-state index in [-0.39, 0.29) is 5.54 Å². The zero-order chi connectivity index (χ0) is 14.3. The quantitative estimate of drug-likeness (QED) is 0.757. The third kappa shape index (κ3) is 5.42. The second-order valence-corrected chi connectivity index (χ2v) is 5.20. The van der Waals surface area contributed by atoms with Crippen LogP contribution in [0.1, 0.15) is 46.4 Å². The maximum absolute atomic E-state index is 5.37. The van der Waals surface area contributed by atoms with Crippen LogP contribution in [0.2, 0.25) is 0 Å². The van der Waals surface area contributed by atoms with Crippen LogP contribution in [0.25, 0.3) is 0 Å². The zero-order valence-electron chi connectivity index (χ0n) is 12.7. The van der Waals surface area contributed by atoms with Gasteiger partial charge < -0.3 is 15.4 Å². The maximum Gasteiger partial charge on any atom is 0.158 e. The molecule has 0 saturated carbocycles. The van der Waals surface area contributed by atoms with E-state index < -0.39 is 0 Å². The van der Waals surface area contributed by atoms with E-state index in [0.717, 1.165) is 24.5 Å². The second kappa shape index (κ2) is 7.28. The van der Waals surface area contributed by atoms with Gasteiger partial charge in [0.15, 0.2) is 5.82 Å². The van der Waals surface area contributed by atoms with Gasteiger partial charge in [-0.25, -0.2) is 9.97 Å². The molecule has 0 unspecified atom stereocenters. The highest BCUT2D eigenvalue weighted by Gasteiger charge is 2.17. The van der Waals surface area contributed by atoms with E-state index in [0.29, 0.717) is 19.0 Å². The first kappa shape index (κ1) is 15.7. The molecule has 0 saturated heterocycles. The highest BCUT2D eigenvalue weighted by Crippen LogP contribution is 2.20. The molecule has 1 rings (SSSR count). The molecule has 108 valence electrons. The standard InChI is InChI=1S/C14H26N4O/c1-6-8-14(3,4)18-12-9-11(15-5)16-13(17-12)10-19-7-2/h9H,6-8,10H2,1-5H3,(H2,15,16,17,18). The van der Waals surface area contributed by atoms with Crippen molar-refractivity contribution in [2.45, 2.75) is 52.7 Å². The van der Waals surface area contributed by atoms with Crippen molar-refractivity contribution in [3.05, 3.63) is 11.9 Å². The summed E-state index contributed by atoms with van der Waals surface area (Å²) in [7, 11) is 1.85. The molecule has 0 aliphatic rings. The van der Waals surface area contributed by atoms with Crippen LogP contribution in [0.3, 0.4) is 0 Å². The molecule has 2 N–H and O–H groups in total. The smallest absolute Gasteiger partial charge is 0.158 e. The number of hydrogen-bond donors (Lipinski definition) is 2. The second-order valence-electron chi connectivity index (χ2n) is 5.20.